The number of carbonyl (C=O) groups is 2. The molecule has 0 N–H and O–H groups in total. The van der Waals surface area contributed by atoms with Gasteiger partial charge in [0.25, 0.3) is 0 Å². The first-order valence-electron chi connectivity index (χ1n) is 10.9. The van der Waals surface area contributed by atoms with Crippen molar-refractivity contribution in [1.29, 1.82) is 0 Å². The molecule has 156 valence electrons. The van der Waals surface area contributed by atoms with E-state index in [-0.39, 0.29) is 11.8 Å². The summed E-state index contributed by atoms with van der Waals surface area (Å²) in [6.07, 6.45) is 11.0. The summed E-state index contributed by atoms with van der Waals surface area (Å²) < 4.78 is 0. The van der Waals surface area contributed by atoms with Gasteiger partial charge in [-0.2, -0.15) is 0 Å². The summed E-state index contributed by atoms with van der Waals surface area (Å²) in [5.41, 5.74) is 3.23. The molecule has 5 nitrogen and oxygen atoms in total. The Bertz CT molecular complexity index is 908. The number of hydrogen-bond donors (Lipinski definition) is 0. The minimum atomic E-state index is -0.416. The van der Waals surface area contributed by atoms with E-state index in [4.69, 9.17) is 0 Å². The number of aromatic nitrogens is 1. The second kappa shape index (κ2) is 9.24. The summed E-state index contributed by atoms with van der Waals surface area (Å²) in [6.45, 7) is 3.92. The maximum atomic E-state index is 13.1. The molecule has 1 aliphatic carbocycles. The van der Waals surface area contributed by atoms with Crippen molar-refractivity contribution in [3.05, 3.63) is 66.5 Å². The lowest BCUT2D eigenvalue weighted by Crippen LogP contribution is -2.59. The zero-order valence-electron chi connectivity index (χ0n) is 17.5. The smallest absolute Gasteiger partial charge is 0.245 e. The van der Waals surface area contributed by atoms with Gasteiger partial charge >= 0.3 is 0 Å². The van der Waals surface area contributed by atoms with Gasteiger partial charge in [0.15, 0.2) is 0 Å². The van der Waals surface area contributed by atoms with E-state index in [2.05, 4.69) is 41.4 Å². The van der Waals surface area contributed by atoms with E-state index in [1.807, 2.05) is 35.1 Å². The third-order valence-corrected chi connectivity index (χ3v) is 6.21. The standard InChI is InChI=1S/C25H29N3O2/c1-2-27-14-15-28(24(29)17-19-6-3-4-7-19)23(25(27)30)16-20-9-11-21(12-10-20)22-8-5-13-26-18-22/h3,5-6,8-13,18-19,23H,2,4,7,14-17H2,1H3/t19-,23-/m0/s1. The normalized spacial score (nSPS) is 21.3. The minimum absolute atomic E-state index is 0.0652. The van der Waals surface area contributed by atoms with Crippen LogP contribution in [0.25, 0.3) is 11.1 Å². The molecule has 2 aromatic rings. The first kappa shape index (κ1) is 20.3. The summed E-state index contributed by atoms with van der Waals surface area (Å²) in [6, 6.07) is 11.8. The number of allylic oxidation sites excluding steroid dienone is 2. The fourth-order valence-electron chi connectivity index (χ4n) is 4.45. The number of pyridine rings is 1. The summed E-state index contributed by atoms with van der Waals surface area (Å²) in [5, 5.41) is 0. The predicted molar refractivity (Wildman–Crippen MR) is 118 cm³/mol. The highest BCUT2D eigenvalue weighted by atomic mass is 16.2. The lowest BCUT2D eigenvalue weighted by atomic mass is 9.97. The molecule has 0 saturated carbocycles. The van der Waals surface area contributed by atoms with Crippen molar-refractivity contribution in [3.63, 3.8) is 0 Å². The second-order valence-electron chi connectivity index (χ2n) is 8.13. The zero-order valence-corrected chi connectivity index (χ0v) is 17.5. The number of rotatable bonds is 6. The van der Waals surface area contributed by atoms with Crippen LogP contribution in [0.15, 0.2) is 60.9 Å². The summed E-state index contributed by atoms with van der Waals surface area (Å²) in [4.78, 5) is 34.0. The molecule has 2 heterocycles. The van der Waals surface area contributed by atoms with Gasteiger partial charge in [0.05, 0.1) is 0 Å². The van der Waals surface area contributed by atoms with Gasteiger partial charge in [-0.25, -0.2) is 0 Å². The molecule has 4 rings (SSSR count). The highest BCUT2D eigenvalue weighted by Gasteiger charge is 2.37. The second-order valence-corrected chi connectivity index (χ2v) is 8.13. The average molecular weight is 404 g/mol. The van der Waals surface area contributed by atoms with E-state index in [0.29, 0.717) is 38.4 Å². The van der Waals surface area contributed by atoms with Crippen LogP contribution < -0.4 is 0 Å². The molecular formula is C25H29N3O2. The monoisotopic (exact) mass is 403 g/mol. The molecule has 0 radical (unpaired) electrons. The molecule has 0 spiro atoms. The van der Waals surface area contributed by atoms with Gasteiger partial charge in [-0.3, -0.25) is 14.6 Å². The Kier molecular flexibility index (Phi) is 6.26. The number of likely N-dealkylation sites (N-methyl/N-ethyl adjacent to an activating group) is 1. The van der Waals surface area contributed by atoms with E-state index in [1.54, 1.807) is 6.20 Å². The molecule has 2 amide bonds. The number of benzene rings is 1. The van der Waals surface area contributed by atoms with Crippen LogP contribution in [-0.4, -0.2) is 52.3 Å². The van der Waals surface area contributed by atoms with Crippen LogP contribution >= 0.6 is 0 Å². The molecule has 0 bridgehead atoms. The van der Waals surface area contributed by atoms with E-state index < -0.39 is 6.04 Å². The summed E-state index contributed by atoms with van der Waals surface area (Å²) >= 11 is 0. The molecule has 0 unspecified atom stereocenters. The van der Waals surface area contributed by atoms with E-state index in [9.17, 15) is 9.59 Å². The average Bonchev–Trinajstić information content (AvgIpc) is 3.29. The number of nitrogens with zero attached hydrogens (tertiary/aromatic N) is 3. The van der Waals surface area contributed by atoms with Crippen molar-refractivity contribution in [2.24, 2.45) is 5.92 Å². The first-order chi connectivity index (χ1) is 14.7. The van der Waals surface area contributed by atoms with Crippen LogP contribution in [0.2, 0.25) is 0 Å². The van der Waals surface area contributed by atoms with Crippen LogP contribution in [0.5, 0.6) is 0 Å². The molecule has 2 aliphatic rings. The lowest BCUT2D eigenvalue weighted by Gasteiger charge is -2.40. The molecule has 5 heteroatoms. The molecule has 1 saturated heterocycles. The minimum Gasteiger partial charge on any atom is -0.339 e. The van der Waals surface area contributed by atoms with Gasteiger partial charge in [0.2, 0.25) is 11.8 Å². The Hall–Kier alpha value is -2.95. The van der Waals surface area contributed by atoms with Gasteiger partial charge < -0.3 is 9.80 Å². The van der Waals surface area contributed by atoms with Crippen molar-refractivity contribution in [3.8, 4) is 11.1 Å². The summed E-state index contributed by atoms with van der Waals surface area (Å²) in [5.74, 6) is 0.485. The largest absolute Gasteiger partial charge is 0.339 e. The number of carbonyl (C=O) groups excluding carboxylic acids is 2. The molecule has 30 heavy (non-hydrogen) atoms. The van der Waals surface area contributed by atoms with Gasteiger partial charge in [-0.1, -0.05) is 42.5 Å². The maximum absolute atomic E-state index is 13.1. The Morgan fingerprint density at radius 1 is 1.13 bits per heavy atom. The van der Waals surface area contributed by atoms with Gasteiger partial charge in [-0.05, 0) is 48.4 Å². The fraction of sp³-hybridized carbons (Fsp3) is 0.400. The first-order valence-corrected chi connectivity index (χ1v) is 10.9. The van der Waals surface area contributed by atoms with Crippen LogP contribution in [0.1, 0.15) is 31.7 Å². The van der Waals surface area contributed by atoms with Crippen molar-refractivity contribution in [2.75, 3.05) is 19.6 Å². The lowest BCUT2D eigenvalue weighted by molar-refractivity contribution is -0.151. The molecule has 1 fully saturated rings. The molecule has 1 aromatic heterocycles. The van der Waals surface area contributed by atoms with Crippen LogP contribution in [0, 0.1) is 5.92 Å². The molecular weight excluding hydrogens is 374 g/mol. The topological polar surface area (TPSA) is 53.5 Å². The molecule has 1 aromatic carbocycles. The predicted octanol–water partition coefficient (Wildman–Crippen LogP) is 3.71. The molecule has 1 aliphatic heterocycles. The van der Waals surface area contributed by atoms with E-state index in [0.717, 1.165) is 29.5 Å². The van der Waals surface area contributed by atoms with Crippen molar-refractivity contribution >= 4 is 11.8 Å². The fourth-order valence-corrected chi connectivity index (χ4v) is 4.45. The Labute approximate surface area is 178 Å². The van der Waals surface area contributed by atoms with Crippen molar-refractivity contribution in [2.45, 2.75) is 38.6 Å². The SMILES string of the molecule is CCN1CCN(C(=O)C[C@H]2C=CCC2)[C@@H](Cc2ccc(-c3cccnc3)cc2)C1=O. The third kappa shape index (κ3) is 4.45. The number of hydrogen-bond acceptors (Lipinski definition) is 3. The van der Waals surface area contributed by atoms with Crippen LogP contribution in [0.3, 0.4) is 0 Å². The van der Waals surface area contributed by atoms with E-state index in [1.165, 1.54) is 0 Å². The Morgan fingerprint density at radius 3 is 2.63 bits per heavy atom. The highest BCUT2D eigenvalue weighted by Crippen LogP contribution is 2.25. The molecule has 2 atom stereocenters. The third-order valence-electron chi connectivity index (χ3n) is 6.21. The van der Waals surface area contributed by atoms with Crippen LogP contribution in [-0.2, 0) is 16.0 Å². The maximum Gasteiger partial charge on any atom is 0.245 e. The number of amides is 2. The Balaban J connectivity index is 1.50. The highest BCUT2D eigenvalue weighted by molar-refractivity contribution is 5.89. The van der Waals surface area contributed by atoms with Gasteiger partial charge in [0, 0.05) is 44.9 Å². The van der Waals surface area contributed by atoms with Crippen molar-refractivity contribution < 1.29 is 9.59 Å². The zero-order chi connectivity index (χ0) is 20.9. The Morgan fingerprint density at radius 2 is 1.97 bits per heavy atom. The van der Waals surface area contributed by atoms with E-state index >= 15 is 0 Å². The van der Waals surface area contributed by atoms with Gasteiger partial charge in [0.1, 0.15) is 6.04 Å². The quantitative estimate of drug-likeness (QED) is 0.691. The van der Waals surface area contributed by atoms with Gasteiger partial charge in [-0.15, -0.1) is 0 Å². The summed E-state index contributed by atoms with van der Waals surface area (Å²) in [7, 11) is 0. The van der Waals surface area contributed by atoms with Crippen molar-refractivity contribution in [1.82, 2.24) is 14.8 Å². The van der Waals surface area contributed by atoms with Crippen LogP contribution in [0.4, 0.5) is 0 Å². The number of piperazine rings is 1.